The molecule has 0 atom stereocenters. The molecule has 0 unspecified atom stereocenters. The average Bonchev–Trinajstić information content (AvgIpc) is 2.52. The molecule has 0 radical (unpaired) electrons. The first-order valence-electron chi connectivity index (χ1n) is 6.89. The molecule has 0 heterocycles. The van der Waals surface area contributed by atoms with Crippen molar-refractivity contribution in [2.75, 3.05) is 0 Å². The van der Waals surface area contributed by atoms with Gasteiger partial charge in [0.2, 0.25) is 0 Å². The molecule has 0 fully saturated rings. The van der Waals surface area contributed by atoms with Crippen LogP contribution >= 0.6 is 0 Å². The Morgan fingerprint density at radius 3 is 1.07 bits per heavy atom. The minimum Gasteiger partial charge on any atom is -0.200 e. The van der Waals surface area contributed by atoms with Crippen LogP contribution in [0.1, 0.15) is 19.3 Å². The molecule has 0 N–H and O–H groups in total. The first-order chi connectivity index (χ1) is 12.8. The zero-order valence-corrected chi connectivity index (χ0v) is 13.5. The van der Waals surface area contributed by atoms with Crippen LogP contribution in [0, 0.1) is 11.3 Å². The van der Waals surface area contributed by atoms with Gasteiger partial charge in [-0.3, -0.25) is 0 Å². The molecular weight excluding hydrogens is 481 g/mol. The molecule has 0 saturated carbocycles. The predicted octanol–water partition coefficient (Wildman–Crippen LogP) is 6.69. The van der Waals surface area contributed by atoms with Crippen LogP contribution in [0.2, 0.25) is 0 Å². The summed E-state index contributed by atoms with van der Waals surface area (Å²) >= 11 is 0. The fourth-order valence-corrected chi connectivity index (χ4v) is 1.74. The largest absolute Gasteiger partial charge is 0.460 e. The van der Waals surface area contributed by atoms with E-state index in [1.54, 1.807) is 0 Å². The molecule has 178 valence electrons. The maximum Gasteiger partial charge on any atom is 0.460 e. The lowest BCUT2D eigenvalue weighted by atomic mass is 9.88. The van der Waals surface area contributed by atoms with Gasteiger partial charge in [-0.1, -0.05) is 0 Å². The molecule has 0 aromatic heterocycles. The number of nitriles is 1. The summed E-state index contributed by atoms with van der Waals surface area (Å²) in [6.07, 6.45) is -12.9. The number of nitrogens with zero attached hydrogens (tertiary/aromatic N) is 1. The van der Waals surface area contributed by atoms with Gasteiger partial charge in [0, 0.05) is 12.8 Å². The van der Waals surface area contributed by atoms with E-state index in [1.807, 2.05) is 0 Å². The second-order valence-corrected chi connectivity index (χ2v) is 5.66. The molecule has 0 spiro atoms. The van der Waals surface area contributed by atoms with Crippen LogP contribution in [0.25, 0.3) is 0 Å². The van der Waals surface area contributed by atoms with Crippen LogP contribution in [0.5, 0.6) is 0 Å². The van der Waals surface area contributed by atoms with Crippen molar-refractivity contribution in [2.24, 2.45) is 0 Å². The Balaban J connectivity index is 6.52. The molecule has 0 rings (SSSR count). The van der Waals surface area contributed by atoms with Crippen molar-refractivity contribution in [3.05, 3.63) is 0 Å². The third-order valence-electron chi connectivity index (χ3n) is 3.57. The van der Waals surface area contributed by atoms with Gasteiger partial charge in [0.1, 0.15) is 0 Å². The van der Waals surface area contributed by atoms with Gasteiger partial charge >= 0.3 is 47.6 Å². The van der Waals surface area contributed by atoms with Gasteiger partial charge in [-0.2, -0.15) is 79.9 Å². The molecule has 1 nitrogen and oxygen atoms in total. The maximum atomic E-state index is 13.3. The number of halogens is 17. The zero-order valence-electron chi connectivity index (χ0n) is 13.5. The topological polar surface area (TPSA) is 23.8 Å². The SMILES string of the molecule is N#CCCCC(F)(F)C(F)(F)C(F)(F)C(F)(F)C(F)(F)C(F)(F)C(F)(F)C(F)(F)F. The van der Waals surface area contributed by atoms with E-state index in [2.05, 4.69) is 0 Å². The van der Waals surface area contributed by atoms with Crippen molar-refractivity contribution < 1.29 is 74.6 Å². The predicted molar refractivity (Wildman–Crippen MR) is 60.1 cm³/mol. The van der Waals surface area contributed by atoms with Crippen molar-refractivity contribution in [3.8, 4) is 6.07 Å². The van der Waals surface area contributed by atoms with E-state index in [4.69, 9.17) is 5.26 Å². The lowest BCUT2D eigenvalue weighted by molar-refractivity contribution is -0.461. The van der Waals surface area contributed by atoms with Crippen LogP contribution in [0.3, 0.4) is 0 Å². The third kappa shape index (κ3) is 3.72. The number of hydrogen-bond donors (Lipinski definition) is 0. The summed E-state index contributed by atoms with van der Waals surface area (Å²) in [5.74, 6) is -56.2. The number of alkyl halides is 17. The summed E-state index contributed by atoms with van der Waals surface area (Å²) in [6, 6.07) is 1.01. The molecule has 0 bridgehead atoms. The summed E-state index contributed by atoms with van der Waals surface area (Å²) < 4.78 is 219. The molecule has 0 amide bonds. The fourth-order valence-electron chi connectivity index (χ4n) is 1.74. The highest BCUT2D eigenvalue weighted by Crippen LogP contribution is 2.64. The Morgan fingerprint density at radius 1 is 0.467 bits per heavy atom. The Labute approximate surface area is 154 Å². The molecule has 0 aliphatic carbocycles. The lowest BCUT2D eigenvalue weighted by Crippen LogP contribution is -2.74. The Bertz CT molecular complexity index is 653. The molecular formula is C12H6F17N. The van der Waals surface area contributed by atoms with Gasteiger partial charge in [-0.05, 0) is 6.42 Å². The van der Waals surface area contributed by atoms with Crippen molar-refractivity contribution in [2.45, 2.75) is 66.9 Å². The lowest BCUT2D eigenvalue weighted by Gasteiger charge is -2.42. The summed E-state index contributed by atoms with van der Waals surface area (Å²) in [5.41, 5.74) is 0. The van der Waals surface area contributed by atoms with Crippen molar-refractivity contribution in [1.29, 1.82) is 5.26 Å². The van der Waals surface area contributed by atoms with Crippen LogP contribution in [-0.2, 0) is 0 Å². The first-order valence-corrected chi connectivity index (χ1v) is 6.89. The maximum absolute atomic E-state index is 13.3. The summed E-state index contributed by atoms with van der Waals surface area (Å²) in [6.45, 7) is 0. The van der Waals surface area contributed by atoms with Gasteiger partial charge in [0.25, 0.3) is 0 Å². The zero-order chi connectivity index (χ0) is 24.8. The minimum absolute atomic E-state index is 1.01. The number of hydrogen-bond acceptors (Lipinski definition) is 1. The van der Waals surface area contributed by atoms with Gasteiger partial charge < -0.3 is 0 Å². The van der Waals surface area contributed by atoms with Crippen molar-refractivity contribution in [3.63, 3.8) is 0 Å². The Hall–Kier alpha value is -1.70. The minimum atomic E-state index is -8.62. The molecule has 0 aromatic rings. The second kappa shape index (κ2) is 7.46. The monoisotopic (exact) mass is 487 g/mol. The first kappa shape index (κ1) is 28.3. The summed E-state index contributed by atoms with van der Waals surface area (Å²) in [5, 5.41) is 8.00. The highest BCUT2D eigenvalue weighted by Gasteiger charge is 2.95. The average molecular weight is 487 g/mol. The highest BCUT2D eigenvalue weighted by molar-refractivity contribution is 5.15. The Kier molecular flexibility index (Phi) is 7.04. The van der Waals surface area contributed by atoms with Gasteiger partial charge in [0.05, 0.1) is 6.07 Å². The van der Waals surface area contributed by atoms with Crippen LogP contribution in [0.4, 0.5) is 74.6 Å². The molecule has 0 aliphatic heterocycles. The van der Waals surface area contributed by atoms with E-state index in [-0.39, 0.29) is 0 Å². The van der Waals surface area contributed by atoms with E-state index in [9.17, 15) is 74.6 Å². The van der Waals surface area contributed by atoms with Gasteiger partial charge in [-0.25, -0.2) is 0 Å². The van der Waals surface area contributed by atoms with Gasteiger partial charge in [0.15, 0.2) is 0 Å². The fraction of sp³-hybridized carbons (Fsp3) is 0.917. The van der Waals surface area contributed by atoms with Crippen LogP contribution in [-0.4, -0.2) is 47.6 Å². The summed E-state index contributed by atoms with van der Waals surface area (Å²) in [7, 11) is 0. The van der Waals surface area contributed by atoms with Gasteiger partial charge in [-0.15, -0.1) is 0 Å². The molecule has 0 aromatic carbocycles. The second-order valence-electron chi connectivity index (χ2n) is 5.66. The van der Waals surface area contributed by atoms with Crippen LogP contribution in [0.15, 0.2) is 0 Å². The third-order valence-corrected chi connectivity index (χ3v) is 3.57. The standard InChI is InChI=1S/C12H6F17N/c13-5(14,3-1-2-4-30)6(15,16)7(17,18)8(19,20)9(21,22)10(23,24)11(25,26)12(27,28)29/h1-3H2. The molecule has 0 aliphatic rings. The van der Waals surface area contributed by atoms with E-state index in [1.165, 1.54) is 0 Å². The van der Waals surface area contributed by atoms with E-state index >= 15 is 0 Å². The summed E-state index contributed by atoms with van der Waals surface area (Å²) in [4.78, 5) is 0. The van der Waals surface area contributed by atoms with Crippen molar-refractivity contribution in [1.82, 2.24) is 0 Å². The van der Waals surface area contributed by atoms with Crippen molar-refractivity contribution >= 4 is 0 Å². The van der Waals surface area contributed by atoms with E-state index in [0.717, 1.165) is 6.07 Å². The van der Waals surface area contributed by atoms with E-state index < -0.39 is 66.9 Å². The Morgan fingerprint density at radius 2 is 0.767 bits per heavy atom. The van der Waals surface area contributed by atoms with E-state index in [0.29, 0.717) is 0 Å². The molecule has 0 saturated heterocycles. The molecule has 18 heteroatoms. The smallest absolute Gasteiger partial charge is 0.200 e. The number of unbranched alkanes of at least 4 members (excludes halogenated alkanes) is 1. The normalized spacial score (nSPS) is 15.9. The highest BCUT2D eigenvalue weighted by atomic mass is 19.4. The number of rotatable bonds is 9. The molecule has 30 heavy (non-hydrogen) atoms. The quantitative estimate of drug-likeness (QED) is 0.263. The van der Waals surface area contributed by atoms with Crippen LogP contribution < -0.4 is 0 Å².